The zero-order valence-corrected chi connectivity index (χ0v) is 9.76. The molecule has 0 aromatic rings. The summed E-state index contributed by atoms with van der Waals surface area (Å²) in [5, 5.41) is 2.87. The van der Waals surface area contributed by atoms with Gasteiger partial charge < -0.3 is 15.8 Å². The smallest absolute Gasteiger partial charge is 0.222 e. The predicted molar refractivity (Wildman–Crippen MR) is 61.6 cm³/mol. The molecule has 0 fully saturated rings. The highest BCUT2D eigenvalue weighted by atomic mass is 16.5. The average molecular weight is 216 g/mol. The molecule has 0 rings (SSSR count). The quantitative estimate of drug-likeness (QED) is 0.536. The fraction of sp³-hybridized carbons (Fsp3) is 0.909. The van der Waals surface area contributed by atoms with Crippen molar-refractivity contribution in [1.29, 1.82) is 0 Å². The first-order chi connectivity index (χ1) is 7.31. The minimum absolute atomic E-state index is 0.0727. The Morgan fingerprint density at radius 3 is 2.73 bits per heavy atom. The second-order valence-electron chi connectivity index (χ2n) is 3.56. The molecule has 0 aliphatic carbocycles. The van der Waals surface area contributed by atoms with E-state index in [0.29, 0.717) is 26.2 Å². The summed E-state index contributed by atoms with van der Waals surface area (Å²) in [4.78, 5) is 11.2. The van der Waals surface area contributed by atoms with E-state index in [4.69, 9.17) is 10.5 Å². The van der Waals surface area contributed by atoms with E-state index >= 15 is 0 Å². The predicted octanol–water partition coefficient (Wildman–Crippen LogP) is 1.05. The van der Waals surface area contributed by atoms with Crippen LogP contribution in [0.3, 0.4) is 0 Å². The Balaban J connectivity index is 3.11. The van der Waals surface area contributed by atoms with Crippen LogP contribution in [-0.4, -0.2) is 32.2 Å². The monoisotopic (exact) mass is 216 g/mol. The highest BCUT2D eigenvalue weighted by Crippen LogP contribution is 1.97. The largest absolute Gasteiger partial charge is 0.380 e. The molecule has 0 bridgehead atoms. The molecule has 90 valence electrons. The number of unbranched alkanes of at least 4 members (excludes halogenated alkanes) is 3. The Morgan fingerprint density at radius 1 is 1.27 bits per heavy atom. The molecule has 0 aliphatic rings. The fourth-order valence-electron chi connectivity index (χ4n) is 1.22. The van der Waals surface area contributed by atoms with Gasteiger partial charge in [0.2, 0.25) is 5.91 Å². The van der Waals surface area contributed by atoms with Gasteiger partial charge in [0.1, 0.15) is 0 Å². The van der Waals surface area contributed by atoms with E-state index in [9.17, 15) is 4.79 Å². The van der Waals surface area contributed by atoms with Gasteiger partial charge in [0.15, 0.2) is 0 Å². The first kappa shape index (κ1) is 14.4. The zero-order valence-electron chi connectivity index (χ0n) is 9.76. The zero-order chi connectivity index (χ0) is 11.4. The summed E-state index contributed by atoms with van der Waals surface area (Å²) in [6.07, 6.45) is 5.17. The number of nitrogens with one attached hydrogen (secondary N) is 1. The molecule has 1 amide bonds. The summed E-state index contributed by atoms with van der Waals surface area (Å²) in [5.41, 5.74) is 5.25. The number of amides is 1. The van der Waals surface area contributed by atoms with E-state index in [0.717, 1.165) is 13.0 Å². The van der Waals surface area contributed by atoms with Crippen LogP contribution in [0.15, 0.2) is 0 Å². The third-order valence-corrected chi connectivity index (χ3v) is 2.09. The first-order valence-corrected chi connectivity index (χ1v) is 5.85. The number of hydrogen-bond donors (Lipinski definition) is 2. The van der Waals surface area contributed by atoms with E-state index in [1.165, 1.54) is 19.3 Å². The van der Waals surface area contributed by atoms with Crippen molar-refractivity contribution in [3.05, 3.63) is 0 Å². The van der Waals surface area contributed by atoms with E-state index in [-0.39, 0.29) is 5.91 Å². The third kappa shape index (κ3) is 11.3. The van der Waals surface area contributed by atoms with Crippen LogP contribution in [0.1, 0.15) is 39.0 Å². The number of rotatable bonds is 10. The number of hydrogen-bond acceptors (Lipinski definition) is 3. The Kier molecular flexibility index (Phi) is 11.0. The molecule has 0 radical (unpaired) electrons. The van der Waals surface area contributed by atoms with E-state index in [1.807, 2.05) is 0 Å². The van der Waals surface area contributed by atoms with Crippen molar-refractivity contribution in [2.75, 3.05) is 26.3 Å². The molecule has 0 saturated carbocycles. The second-order valence-corrected chi connectivity index (χ2v) is 3.56. The van der Waals surface area contributed by atoms with E-state index in [1.54, 1.807) is 0 Å². The van der Waals surface area contributed by atoms with Crippen molar-refractivity contribution in [2.45, 2.75) is 39.0 Å². The lowest BCUT2D eigenvalue weighted by atomic mass is 10.2. The normalized spacial score (nSPS) is 10.3. The summed E-state index contributed by atoms with van der Waals surface area (Å²) < 4.78 is 5.11. The molecular weight excluding hydrogens is 192 g/mol. The van der Waals surface area contributed by atoms with Gasteiger partial charge in [-0.15, -0.1) is 0 Å². The molecule has 3 N–H and O–H groups in total. The molecule has 0 saturated heterocycles. The van der Waals surface area contributed by atoms with Gasteiger partial charge >= 0.3 is 0 Å². The standard InChI is InChI=1S/C11H24N2O2/c1-2-3-4-5-8-13-11(14)6-9-15-10-7-12/h2-10,12H2,1H3,(H,13,14). The van der Waals surface area contributed by atoms with Crippen LogP contribution in [0.25, 0.3) is 0 Å². The SMILES string of the molecule is CCCCCCNC(=O)CCOCCN. The van der Waals surface area contributed by atoms with Crippen LogP contribution in [0.2, 0.25) is 0 Å². The molecule has 0 heterocycles. The maximum absolute atomic E-state index is 11.2. The molecule has 0 spiro atoms. The Bertz CT molecular complexity index is 152. The van der Waals surface area contributed by atoms with Crippen LogP contribution in [-0.2, 0) is 9.53 Å². The summed E-state index contributed by atoms with van der Waals surface area (Å²) in [6, 6.07) is 0. The highest BCUT2D eigenvalue weighted by molar-refractivity contribution is 5.75. The van der Waals surface area contributed by atoms with E-state index < -0.39 is 0 Å². The summed E-state index contributed by atoms with van der Waals surface area (Å²) in [7, 11) is 0. The van der Waals surface area contributed by atoms with E-state index in [2.05, 4.69) is 12.2 Å². The summed E-state index contributed by atoms with van der Waals surface area (Å²) >= 11 is 0. The van der Waals surface area contributed by atoms with Gasteiger partial charge in [-0.3, -0.25) is 4.79 Å². The van der Waals surface area contributed by atoms with Crippen LogP contribution >= 0.6 is 0 Å². The number of ether oxygens (including phenoxy) is 1. The fourth-order valence-corrected chi connectivity index (χ4v) is 1.22. The van der Waals surface area contributed by atoms with Gasteiger partial charge in [-0.25, -0.2) is 0 Å². The number of carbonyl (C=O) groups excluding carboxylic acids is 1. The molecule has 0 atom stereocenters. The minimum atomic E-state index is 0.0727. The Morgan fingerprint density at radius 2 is 2.07 bits per heavy atom. The lowest BCUT2D eigenvalue weighted by molar-refractivity contribution is -0.122. The van der Waals surface area contributed by atoms with Crippen LogP contribution in [0.5, 0.6) is 0 Å². The minimum Gasteiger partial charge on any atom is -0.380 e. The van der Waals surface area contributed by atoms with Crippen LogP contribution in [0, 0.1) is 0 Å². The third-order valence-electron chi connectivity index (χ3n) is 2.09. The topological polar surface area (TPSA) is 64.3 Å². The van der Waals surface area contributed by atoms with Gasteiger partial charge in [0.05, 0.1) is 13.2 Å². The second kappa shape index (κ2) is 11.5. The van der Waals surface area contributed by atoms with Crippen LogP contribution < -0.4 is 11.1 Å². The summed E-state index contributed by atoms with van der Waals surface area (Å²) in [6.45, 7) is 4.48. The van der Waals surface area contributed by atoms with Crippen molar-refractivity contribution in [1.82, 2.24) is 5.32 Å². The van der Waals surface area contributed by atoms with Crippen molar-refractivity contribution < 1.29 is 9.53 Å². The maximum Gasteiger partial charge on any atom is 0.222 e. The van der Waals surface area contributed by atoms with Crippen molar-refractivity contribution >= 4 is 5.91 Å². The molecule has 0 aliphatic heterocycles. The average Bonchev–Trinajstić information content (AvgIpc) is 2.24. The summed E-state index contributed by atoms with van der Waals surface area (Å²) in [5.74, 6) is 0.0727. The van der Waals surface area contributed by atoms with Gasteiger partial charge in [0, 0.05) is 19.5 Å². The maximum atomic E-state index is 11.2. The molecule has 0 unspecified atom stereocenters. The molecule has 4 heteroatoms. The Hall–Kier alpha value is -0.610. The van der Waals surface area contributed by atoms with Gasteiger partial charge in [-0.05, 0) is 6.42 Å². The first-order valence-electron chi connectivity index (χ1n) is 5.85. The van der Waals surface area contributed by atoms with Gasteiger partial charge in [0.25, 0.3) is 0 Å². The molecule has 4 nitrogen and oxygen atoms in total. The molecular formula is C11H24N2O2. The van der Waals surface area contributed by atoms with Gasteiger partial charge in [-0.1, -0.05) is 26.2 Å². The van der Waals surface area contributed by atoms with Crippen molar-refractivity contribution in [3.8, 4) is 0 Å². The lowest BCUT2D eigenvalue weighted by Gasteiger charge is -2.05. The molecule has 0 aromatic carbocycles. The van der Waals surface area contributed by atoms with Crippen molar-refractivity contribution in [3.63, 3.8) is 0 Å². The molecule has 15 heavy (non-hydrogen) atoms. The Labute approximate surface area is 92.6 Å². The van der Waals surface area contributed by atoms with Gasteiger partial charge in [-0.2, -0.15) is 0 Å². The van der Waals surface area contributed by atoms with Crippen LogP contribution in [0.4, 0.5) is 0 Å². The number of nitrogens with two attached hydrogens (primary N) is 1. The number of carbonyl (C=O) groups is 1. The lowest BCUT2D eigenvalue weighted by Crippen LogP contribution is -2.25. The highest BCUT2D eigenvalue weighted by Gasteiger charge is 1.99. The molecule has 0 aromatic heterocycles. The van der Waals surface area contributed by atoms with Crippen molar-refractivity contribution in [2.24, 2.45) is 5.73 Å².